The SMILES string of the molecule is O=C1CN(C(=O)c2cncs2)CCCCNC(=O)c2cc(Cl)ccc2OC[C@@H](Cc2ccccc2)N1. The fourth-order valence-corrected chi connectivity index (χ4v) is 4.71. The van der Waals surface area contributed by atoms with Crippen LogP contribution in [0.25, 0.3) is 0 Å². The number of rotatable bonds is 3. The van der Waals surface area contributed by atoms with Crippen molar-refractivity contribution in [2.75, 3.05) is 26.2 Å². The van der Waals surface area contributed by atoms with Crippen LogP contribution in [0.2, 0.25) is 5.02 Å². The molecule has 1 aliphatic rings. The molecule has 36 heavy (non-hydrogen) atoms. The zero-order valence-corrected chi connectivity index (χ0v) is 21.2. The molecule has 2 N–H and O–H groups in total. The molecule has 0 fully saturated rings. The lowest BCUT2D eigenvalue weighted by molar-refractivity contribution is -0.122. The van der Waals surface area contributed by atoms with Gasteiger partial charge < -0.3 is 20.3 Å². The molecule has 0 unspecified atom stereocenters. The molecule has 188 valence electrons. The average molecular weight is 527 g/mol. The Morgan fingerprint density at radius 1 is 1.17 bits per heavy atom. The maximum Gasteiger partial charge on any atom is 0.266 e. The van der Waals surface area contributed by atoms with Gasteiger partial charge in [0.2, 0.25) is 5.91 Å². The number of fused-ring (bicyclic) bond motifs is 1. The zero-order valence-electron chi connectivity index (χ0n) is 19.6. The molecule has 3 aromatic rings. The van der Waals surface area contributed by atoms with Crippen molar-refractivity contribution in [1.82, 2.24) is 20.5 Å². The Hall–Kier alpha value is -3.43. The number of amides is 3. The highest BCUT2D eigenvalue weighted by atomic mass is 35.5. The van der Waals surface area contributed by atoms with E-state index in [0.717, 1.165) is 5.56 Å². The van der Waals surface area contributed by atoms with E-state index >= 15 is 0 Å². The van der Waals surface area contributed by atoms with Crippen LogP contribution in [0.15, 0.2) is 60.2 Å². The number of carbonyl (C=O) groups is 3. The van der Waals surface area contributed by atoms with Gasteiger partial charge in [-0.25, -0.2) is 0 Å². The van der Waals surface area contributed by atoms with Gasteiger partial charge in [-0.1, -0.05) is 41.9 Å². The van der Waals surface area contributed by atoms with Gasteiger partial charge in [-0.15, -0.1) is 11.3 Å². The van der Waals surface area contributed by atoms with Crippen LogP contribution in [0, 0.1) is 0 Å². The van der Waals surface area contributed by atoms with Gasteiger partial charge in [0.25, 0.3) is 11.8 Å². The standard InChI is InChI=1S/C26H27ClN4O4S/c27-19-8-9-22-21(13-19)25(33)29-10-4-5-11-31(26(34)23-14-28-17-36-23)15-24(32)30-20(16-35-22)12-18-6-2-1-3-7-18/h1-3,6-9,13-14,17,20H,4-5,10-12,15-16H2,(H,29,33)(H,30,32)/t20-/m1/s1. The molecule has 10 heteroatoms. The molecule has 3 amide bonds. The number of halogens is 1. The second-order valence-electron chi connectivity index (χ2n) is 8.46. The molecule has 0 saturated carbocycles. The Bertz CT molecular complexity index is 1190. The van der Waals surface area contributed by atoms with E-state index < -0.39 is 6.04 Å². The highest BCUT2D eigenvalue weighted by molar-refractivity contribution is 7.11. The van der Waals surface area contributed by atoms with Crippen molar-refractivity contribution < 1.29 is 19.1 Å². The van der Waals surface area contributed by atoms with Crippen molar-refractivity contribution >= 4 is 40.7 Å². The first-order valence-electron chi connectivity index (χ1n) is 11.7. The van der Waals surface area contributed by atoms with Gasteiger partial charge in [-0.2, -0.15) is 0 Å². The Morgan fingerprint density at radius 2 is 2.00 bits per heavy atom. The van der Waals surface area contributed by atoms with Crippen molar-refractivity contribution in [3.05, 3.63) is 81.3 Å². The third-order valence-electron chi connectivity index (χ3n) is 5.72. The number of carbonyl (C=O) groups excluding carboxylic acids is 3. The van der Waals surface area contributed by atoms with Crippen molar-refractivity contribution in [2.24, 2.45) is 0 Å². The number of nitrogens with zero attached hydrogens (tertiary/aromatic N) is 2. The van der Waals surface area contributed by atoms with E-state index in [9.17, 15) is 14.4 Å². The average Bonchev–Trinajstić information content (AvgIpc) is 3.41. The summed E-state index contributed by atoms with van der Waals surface area (Å²) >= 11 is 7.38. The monoisotopic (exact) mass is 526 g/mol. The summed E-state index contributed by atoms with van der Waals surface area (Å²) in [4.78, 5) is 45.0. The molecule has 2 heterocycles. The number of benzene rings is 2. The highest BCUT2D eigenvalue weighted by Crippen LogP contribution is 2.23. The van der Waals surface area contributed by atoms with Crippen molar-refractivity contribution in [3.63, 3.8) is 0 Å². The van der Waals surface area contributed by atoms with Gasteiger partial charge >= 0.3 is 0 Å². The molecule has 2 aromatic carbocycles. The van der Waals surface area contributed by atoms with Crippen molar-refractivity contribution in [3.8, 4) is 5.75 Å². The maximum absolute atomic E-state index is 13.1. The van der Waals surface area contributed by atoms with E-state index in [1.54, 1.807) is 23.7 Å². The summed E-state index contributed by atoms with van der Waals surface area (Å²) in [5.74, 6) is -0.415. The summed E-state index contributed by atoms with van der Waals surface area (Å²) in [5, 5.41) is 6.34. The molecule has 0 bridgehead atoms. The molecule has 0 spiro atoms. The number of aromatic nitrogens is 1. The minimum Gasteiger partial charge on any atom is -0.491 e. The van der Waals surface area contributed by atoms with Gasteiger partial charge in [-0.3, -0.25) is 19.4 Å². The molecular weight excluding hydrogens is 500 g/mol. The lowest BCUT2D eigenvalue weighted by atomic mass is 10.1. The predicted octanol–water partition coefficient (Wildman–Crippen LogP) is 3.57. The smallest absolute Gasteiger partial charge is 0.266 e. The fourth-order valence-electron chi connectivity index (χ4n) is 3.95. The molecule has 1 atom stereocenters. The summed E-state index contributed by atoms with van der Waals surface area (Å²) in [7, 11) is 0. The number of nitrogens with one attached hydrogen (secondary N) is 2. The Balaban J connectivity index is 1.57. The first-order valence-corrected chi connectivity index (χ1v) is 13.0. The summed E-state index contributed by atoms with van der Waals surface area (Å²) < 4.78 is 6.03. The second kappa shape index (κ2) is 12.5. The van der Waals surface area contributed by atoms with E-state index in [4.69, 9.17) is 16.3 Å². The van der Waals surface area contributed by atoms with Crippen LogP contribution in [0.1, 0.15) is 38.4 Å². The summed E-state index contributed by atoms with van der Waals surface area (Å²) in [6.45, 7) is 0.838. The van der Waals surface area contributed by atoms with Crippen LogP contribution < -0.4 is 15.4 Å². The summed E-state index contributed by atoms with van der Waals surface area (Å²) in [6, 6.07) is 14.2. The Labute approximate surface area is 218 Å². The van der Waals surface area contributed by atoms with Gasteiger partial charge in [0, 0.05) is 18.1 Å². The van der Waals surface area contributed by atoms with E-state index in [1.165, 1.54) is 22.4 Å². The van der Waals surface area contributed by atoms with Crippen molar-refractivity contribution in [1.29, 1.82) is 0 Å². The van der Waals surface area contributed by atoms with Gasteiger partial charge in [0.05, 0.1) is 29.9 Å². The Kier molecular flexibility index (Phi) is 8.91. The molecule has 0 radical (unpaired) electrons. The van der Waals surface area contributed by atoms with Gasteiger partial charge in [0.1, 0.15) is 17.2 Å². The number of hydrogen-bond donors (Lipinski definition) is 2. The highest BCUT2D eigenvalue weighted by Gasteiger charge is 2.23. The minimum absolute atomic E-state index is 0.0828. The first kappa shape index (κ1) is 25.7. The predicted molar refractivity (Wildman–Crippen MR) is 139 cm³/mol. The third-order valence-corrected chi connectivity index (χ3v) is 6.72. The van der Waals surface area contributed by atoms with Crippen LogP contribution in [0.4, 0.5) is 0 Å². The van der Waals surface area contributed by atoms with Crippen LogP contribution in [0.3, 0.4) is 0 Å². The first-order chi connectivity index (χ1) is 17.5. The van der Waals surface area contributed by atoms with E-state index in [2.05, 4.69) is 15.6 Å². The summed E-state index contributed by atoms with van der Waals surface area (Å²) in [5.41, 5.74) is 2.95. The van der Waals surface area contributed by atoms with Crippen molar-refractivity contribution in [2.45, 2.75) is 25.3 Å². The van der Waals surface area contributed by atoms with E-state index in [0.29, 0.717) is 53.6 Å². The number of ether oxygens (including phenoxy) is 1. The van der Waals surface area contributed by atoms with E-state index in [1.807, 2.05) is 30.3 Å². The van der Waals surface area contributed by atoms with Crippen LogP contribution in [-0.4, -0.2) is 59.9 Å². The molecule has 1 aliphatic heterocycles. The molecule has 0 saturated heterocycles. The van der Waals surface area contributed by atoms with Crippen LogP contribution in [-0.2, 0) is 11.2 Å². The normalized spacial score (nSPS) is 17.6. The number of hydrogen-bond acceptors (Lipinski definition) is 6. The van der Waals surface area contributed by atoms with Crippen LogP contribution in [0.5, 0.6) is 5.75 Å². The molecule has 8 nitrogen and oxygen atoms in total. The quantitative estimate of drug-likeness (QED) is 0.543. The topological polar surface area (TPSA) is 101 Å². The molecule has 0 aliphatic carbocycles. The van der Waals surface area contributed by atoms with Gasteiger partial charge in [0.15, 0.2) is 0 Å². The second-order valence-corrected chi connectivity index (χ2v) is 9.78. The largest absolute Gasteiger partial charge is 0.491 e. The van der Waals surface area contributed by atoms with E-state index in [-0.39, 0.29) is 30.9 Å². The zero-order chi connectivity index (χ0) is 25.3. The molecule has 1 aromatic heterocycles. The third kappa shape index (κ3) is 7.05. The Morgan fingerprint density at radius 3 is 2.78 bits per heavy atom. The molecular formula is C26H27ClN4O4S. The lowest BCUT2D eigenvalue weighted by Crippen LogP contribution is -2.47. The maximum atomic E-state index is 13.1. The summed E-state index contributed by atoms with van der Waals surface area (Å²) in [6.07, 6.45) is 3.27. The molecule has 4 rings (SSSR count). The van der Waals surface area contributed by atoms with Crippen LogP contribution >= 0.6 is 22.9 Å². The minimum atomic E-state index is -0.392. The number of thiazole rings is 1. The lowest BCUT2D eigenvalue weighted by Gasteiger charge is -2.24. The fraction of sp³-hybridized carbons (Fsp3) is 0.308. The van der Waals surface area contributed by atoms with Gasteiger partial charge in [-0.05, 0) is 43.0 Å².